The van der Waals surface area contributed by atoms with Crippen LogP contribution in [0.2, 0.25) is 5.28 Å². The highest BCUT2D eigenvalue weighted by Crippen LogP contribution is 2.34. The van der Waals surface area contributed by atoms with E-state index in [0.29, 0.717) is 18.5 Å². The van der Waals surface area contributed by atoms with Gasteiger partial charge in [-0.15, -0.1) is 0 Å². The molecule has 0 unspecified atom stereocenters. The summed E-state index contributed by atoms with van der Waals surface area (Å²) in [6.07, 6.45) is 1.69. The van der Waals surface area contributed by atoms with Gasteiger partial charge in [0.05, 0.1) is 11.9 Å². The quantitative estimate of drug-likeness (QED) is 0.828. The summed E-state index contributed by atoms with van der Waals surface area (Å²) in [6, 6.07) is 5.74. The number of hydrogen-bond donors (Lipinski definition) is 1. The number of ether oxygens (including phenoxy) is 2. The third-order valence-corrected chi connectivity index (χ3v) is 2.59. The molecule has 1 aromatic heterocycles. The van der Waals surface area contributed by atoms with E-state index in [1.165, 1.54) is 0 Å². The Labute approximate surface area is 97.2 Å². The van der Waals surface area contributed by atoms with E-state index in [0.717, 1.165) is 22.8 Å². The van der Waals surface area contributed by atoms with E-state index in [1.54, 1.807) is 6.20 Å². The van der Waals surface area contributed by atoms with Crippen LogP contribution in [0.1, 0.15) is 0 Å². The predicted molar refractivity (Wildman–Crippen MR) is 60.0 cm³/mol. The Bertz CT molecular complexity index is 524. The number of halogens is 1. The Balaban J connectivity index is 2.02. The van der Waals surface area contributed by atoms with Gasteiger partial charge < -0.3 is 14.5 Å². The number of H-pyrrole nitrogens is 1. The third kappa shape index (κ3) is 1.61. The van der Waals surface area contributed by atoms with Crippen molar-refractivity contribution in [2.24, 2.45) is 0 Å². The largest absolute Gasteiger partial charge is 0.486 e. The molecule has 2 aromatic rings. The highest BCUT2D eigenvalue weighted by molar-refractivity contribution is 6.28. The topological polar surface area (TPSA) is 47.1 Å². The summed E-state index contributed by atoms with van der Waals surface area (Å²) in [5, 5.41) is 0.380. The number of fused-ring (bicyclic) bond motifs is 1. The smallest absolute Gasteiger partial charge is 0.200 e. The van der Waals surface area contributed by atoms with Crippen LogP contribution in [0.4, 0.5) is 0 Å². The van der Waals surface area contributed by atoms with Crippen LogP contribution < -0.4 is 9.47 Å². The summed E-state index contributed by atoms with van der Waals surface area (Å²) >= 11 is 5.73. The lowest BCUT2D eigenvalue weighted by Crippen LogP contribution is -2.15. The van der Waals surface area contributed by atoms with Crippen molar-refractivity contribution in [3.05, 3.63) is 29.7 Å². The van der Waals surface area contributed by atoms with Crippen molar-refractivity contribution in [3.8, 4) is 22.8 Å². The second-order valence-corrected chi connectivity index (χ2v) is 3.80. The molecule has 1 aromatic carbocycles. The number of nitrogens with zero attached hydrogens (tertiary/aromatic N) is 1. The summed E-state index contributed by atoms with van der Waals surface area (Å²) < 4.78 is 10.9. The molecule has 16 heavy (non-hydrogen) atoms. The minimum Gasteiger partial charge on any atom is -0.486 e. The van der Waals surface area contributed by atoms with Crippen LogP contribution in [0.3, 0.4) is 0 Å². The summed E-state index contributed by atoms with van der Waals surface area (Å²) in [5.41, 5.74) is 1.84. The molecule has 0 fully saturated rings. The third-order valence-electron chi connectivity index (χ3n) is 2.40. The first-order valence-corrected chi connectivity index (χ1v) is 5.31. The van der Waals surface area contributed by atoms with Gasteiger partial charge in [0.15, 0.2) is 16.8 Å². The molecule has 0 atom stereocenters. The predicted octanol–water partition coefficient (Wildman–Crippen LogP) is 2.50. The normalized spacial score (nSPS) is 13.8. The number of benzene rings is 1. The summed E-state index contributed by atoms with van der Waals surface area (Å²) in [4.78, 5) is 6.90. The van der Waals surface area contributed by atoms with E-state index in [-0.39, 0.29) is 0 Å². The average Bonchev–Trinajstić information content (AvgIpc) is 2.75. The summed E-state index contributed by atoms with van der Waals surface area (Å²) in [6.45, 7) is 1.18. The molecule has 4 nitrogen and oxygen atoms in total. The Morgan fingerprint density at radius 2 is 2.00 bits per heavy atom. The summed E-state index contributed by atoms with van der Waals surface area (Å²) in [5.74, 6) is 1.54. The van der Waals surface area contributed by atoms with Gasteiger partial charge in [0.1, 0.15) is 13.2 Å². The number of rotatable bonds is 1. The molecule has 82 valence electrons. The van der Waals surface area contributed by atoms with Crippen molar-refractivity contribution in [1.82, 2.24) is 9.97 Å². The lowest BCUT2D eigenvalue weighted by atomic mass is 10.1. The zero-order valence-corrected chi connectivity index (χ0v) is 9.12. The molecular weight excluding hydrogens is 228 g/mol. The molecule has 1 aliphatic rings. The molecule has 1 aliphatic heterocycles. The van der Waals surface area contributed by atoms with Gasteiger partial charge in [-0.3, -0.25) is 0 Å². The standard InChI is InChI=1S/C11H9ClN2O2/c12-11-13-6-8(14-11)7-1-2-9-10(5-7)16-4-3-15-9/h1-2,5-6H,3-4H2,(H,13,14). The number of nitrogens with one attached hydrogen (secondary N) is 1. The zero-order valence-electron chi connectivity index (χ0n) is 8.37. The highest BCUT2D eigenvalue weighted by Gasteiger charge is 2.12. The van der Waals surface area contributed by atoms with Crippen molar-refractivity contribution >= 4 is 11.6 Å². The second kappa shape index (κ2) is 3.72. The number of aromatic nitrogens is 2. The van der Waals surface area contributed by atoms with Crippen molar-refractivity contribution in [3.63, 3.8) is 0 Å². The Hall–Kier alpha value is -1.68. The molecular formula is C11H9ClN2O2. The molecule has 2 heterocycles. The second-order valence-electron chi connectivity index (χ2n) is 3.45. The van der Waals surface area contributed by atoms with Crippen LogP contribution in [0.5, 0.6) is 11.5 Å². The maximum atomic E-state index is 5.73. The molecule has 0 spiro atoms. The van der Waals surface area contributed by atoms with Crippen molar-refractivity contribution in [2.45, 2.75) is 0 Å². The first-order valence-electron chi connectivity index (χ1n) is 4.93. The molecule has 1 N–H and O–H groups in total. The van der Waals surface area contributed by atoms with Crippen LogP contribution in [-0.4, -0.2) is 23.2 Å². The molecule has 3 rings (SSSR count). The van der Waals surface area contributed by atoms with Crippen LogP contribution >= 0.6 is 11.6 Å². The molecule has 0 bridgehead atoms. The Kier molecular flexibility index (Phi) is 2.22. The first kappa shape index (κ1) is 9.54. The van der Waals surface area contributed by atoms with Gasteiger partial charge in [0.2, 0.25) is 0 Å². The van der Waals surface area contributed by atoms with Gasteiger partial charge in [-0.05, 0) is 29.8 Å². The van der Waals surface area contributed by atoms with Crippen LogP contribution in [-0.2, 0) is 0 Å². The monoisotopic (exact) mass is 236 g/mol. The molecule has 0 saturated carbocycles. The maximum Gasteiger partial charge on any atom is 0.200 e. The lowest BCUT2D eigenvalue weighted by molar-refractivity contribution is 0.171. The van der Waals surface area contributed by atoms with Crippen molar-refractivity contribution in [1.29, 1.82) is 0 Å². The fourth-order valence-electron chi connectivity index (χ4n) is 1.65. The summed E-state index contributed by atoms with van der Waals surface area (Å²) in [7, 11) is 0. The first-order chi connectivity index (χ1) is 7.83. The zero-order chi connectivity index (χ0) is 11.0. The van der Waals surface area contributed by atoms with E-state index in [9.17, 15) is 0 Å². The number of hydrogen-bond acceptors (Lipinski definition) is 3. The van der Waals surface area contributed by atoms with Crippen molar-refractivity contribution in [2.75, 3.05) is 13.2 Å². The minimum absolute atomic E-state index is 0.380. The van der Waals surface area contributed by atoms with E-state index >= 15 is 0 Å². The maximum absolute atomic E-state index is 5.73. The lowest BCUT2D eigenvalue weighted by Gasteiger charge is -2.18. The SMILES string of the molecule is Clc1ncc(-c2ccc3c(c2)OCCO3)[nH]1. The fourth-order valence-corrected chi connectivity index (χ4v) is 1.81. The highest BCUT2D eigenvalue weighted by atomic mass is 35.5. The Morgan fingerprint density at radius 3 is 2.75 bits per heavy atom. The van der Waals surface area contributed by atoms with Gasteiger partial charge in [-0.25, -0.2) is 4.98 Å². The molecule has 0 saturated heterocycles. The van der Waals surface area contributed by atoms with E-state index < -0.39 is 0 Å². The van der Waals surface area contributed by atoms with E-state index in [1.807, 2.05) is 18.2 Å². The van der Waals surface area contributed by atoms with Gasteiger partial charge in [0.25, 0.3) is 0 Å². The Morgan fingerprint density at radius 1 is 1.19 bits per heavy atom. The van der Waals surface area contributed by atoms with Gasteiger partial charge in [0, 0.05) is 5.56 Å². The van der Waals surface area contributed by atoms with Gasteiger partial charge in [-0.2, -0.15) is 0 Å². The number of imidazole rings is 1. The van der Waals surface area contributed by atoms with Crippen LogP contribution in [0, 0.1) is 0 Å². The van der Waals surface area contributed by atoms with E-state index in [4.69, 9.17) is 21.1 Å². The van der Waals surface area contributed by atoms with Crippen LogP contribution in [0.25, 0.3) is 11.3 Å². The minimum atomic E-state index is 0.380. The average molecular weight is 237 g/mol. The molecule has 5 heteroatoms. The fraction of sp³-hybridized carbons (Fsp3) is 0.182. The van der Waals surface area contributed by atoms with Gasteiger partial charge >= 0.3 is 0 Å². The van der Waals surface area contributed by atoms with Crippen LogP contribution in [0.15, 0.2) is 24.4 Å². The molecule has 0 aliphatic carbocycles. The van der Waals surface area contributed by atoms with E-state index in [2.05, 4.69) is 9.97 Å². The molecule has 0 radical (unpaired) electrons. The van der Waals surface area contributed by atoms with Gasteiger partial charge in [-0.1, -0.05) is 0 Å². The molecule has 0 amide bonds. The van der Waals surface area contributed by atoms with Crippen molar-refractivity contribution < 1.29 is 9.47 Å². The number of aromatic amines is 1.